The van der Waals surface area contributed by atoms with Gasteiger partial charge in [-0.15, -0.1) is 0 Å². The summed E-state index contributed by atoms with van der Waals surface area (Å²) in [6, 6.07) is 2.59. The van der Waals surface area contributed by atoms with Crippen LogP contribution in [0.5, 0.6) is 5.75 Å². The van der Waals surface area contributed by atoms with Gasteiger partial charge in [0, 0.05) is 13.1 Å². The van der Waals surface area contributed by atoms with E-state index >= 15 is 0 Å². The third-order valence-corrected chi connectivity index (χ3v) is 1.89. The van der Waals surface area contributed by atoms with Crippen molar-refractivity contribution in [3.63, 3.8) is 0 Å². The summed E-state index contributed by atoms with van der Waals surface area (Å²) in [7, 11) is 1.40. The first-order chi connectivity index (χ1) is 7.45. The topological polar surface area (TPSA) is 64.4 Å². The van der Waals surface area contributed by atoms with E-state index in [9.17, 15) is 18.9 Å². The summed E-state index contributed by atoms with van der Waals surface area (Å²) < 4.78 is 28.4. The van der Waals surface area contributed by atoms with Gasteiger partial charge in [0.05, 0.1) is 4.92 Å². The molecule has 1 aromatic rings. The van der Waals surface area contributed by atoms with Crippen LogP contribution in [0.1, 0.15) is 5.56 Å². The van der Waals surface area contributed by atoms with E-state index in [0.29, 0.717) is 5.56 Å². The second-order valence-corrected chi connectivity index (χ2v) is 3.04. The number of hydrogen-bond acceptors (Lipinski definition) is 4. The van der Waals surface area contributed by atoms with Crippen LogP contribution in [-0.4, -0.2) is 18.6 Å². The van der Waals surface area contributed by atoms with Gasteiger partial charge in [0.15, 0.2) is 11.4 Å². The van der Waals surface area contributed by atoms with Crippen molar-refractivity contribution in [1.82, 2.24) is 0 Å². The molecule has 7 heteroatoms. The molecule has 0 aliphatic heterocycles. The maximum Gasteiger partial charge on any atom is 0.387 e. The predicted molar refractivity (Wildman–Crippen MR) is 54.0 cm³/mol. The molecule has 0 unspecified atom stereocenters. The average Bonchev–Trinajstić information content (AvgIpc) is 2.15. The van der Waals surface area contributed by atoms with E-state index in [0.717, 1.165) is 0 Å². The monoisotopic (exact) mass is 232 g/mol. The molecule has 0 aromatic heterocycles. The van der Waals surface area contributed by atoms with Crippen molar-refractivity contribution in [2.45, 2.75) is 13.5 Å². The van der Waals surface area contributed by atoms with Crippen LogP contribution < -0.4 is 10.1 Å². The van der Waals surface area contributed by atoms with Crippen molar-refractivity contribution in [3.8, 4) is 5.75 Å². The summed E-state index contributed by atoms with van der Waals surface area (Å²) in [4.78, 5) is 10.0. The van der Waals surface area contributed by atoms with Gasteiger partial charge in [0.2, 0.25) is 0 Å². The number of nitrogens with one attached hydrogen (secondary N) is 1. The molecule has 5 nitrogen and oxygen atoms in total. The minimum absolute atomic E-state index is 0.0594. The van der Waals surface area contributed by atoms with Crippen molar-refractivity contribution < 1.29 is 18.4 Å². The first-order valence-electron chi connectivity index (χ1n) is 4.37. The molecule has 0 saturated carbocycles. The van der Waals surface area contributed by atoms with Crippen LogP contribution in [0.15, 0.2) is 12.1 Å². The number of benzene rings is 1. The molecule has 1 aromatic carbocycles. The summed E-state index contributed by atoms with van der Waals surface area (Å²) in [6.07, 6.45) is 0. The standard InChI is InChI=1S/C9H10F2N2O3/c1-5-3-6(13(14)15)8(12-2)7(4-5)16-9(10)11/h3-4,9,12H,1-2H3. The molecule has 0 atom stereocenters. The van der Waals surface area contributed by atoms with Gasteiger partial charge in [0.1, 0.15) is 0 Å². The second-order valence-electron chi connectivity index (χ2n) is 3.04. The Labute approximate surface area is 90.2 Å². The van der Waals surface area contributed by atoms with Crippen molar-refractivity contribution in [3.05, 3.63) is 27.8 Å². The van der Waals surface area contributed by atoms with Gasteiger partial charge in [0.25, 0.3) is 5.69 Å². The Morgan fingerprint density at radius 2 is 2.12 bits per heavy atom. The molecule has 1 rings (SSSR count). The lowest BCUT2D eigenvalue weighted by Crippen LogP contribution is -2.06. The molecule has 16 heavy (non-hydrogen) atoms. The van der Waals surface area contributed by atoms with Gasteiger partial charge in [-0.2, -0.15) is 8.78 Å². The molecule has 0 bridgehead atoms. The molecule has 0 heterocycles. The maximum atomic E-state index is 12.1. The molecule has 0 amide bonds. The van der Waals surface area contributed by atoms with Gasteiger partial charge in [-0.05, 0) is 18.6 Å². The quantitative estimate of drug-likeness (QED) is 0.640. The van der Waals surface area contributed by atoms with E-state index in [-0.39, 0.29) is 17.1 Å². The zero-order valence-electron chi connectivity index (χ0n) is 8.66. The van der Waals surface area contributed by atoms with E-state index in [2.05, 4.69) is 10.1 Å². The number of aryl methyl sites for hydroxylation is 1. The van der Waals surface area contributed by atoms with Crippen LogP contribution in [0.25, 0.3) is 0 Å². The molecule has 0 saturated heterocycles. The Morgan fingerprint density at radius 3 is 2.56 bits per heavy atom. The van der Waals surface area contributed by atoms with Gasteiger partial charge < -0.3 is 10.1 Å². The average molecular weight is 232 g/mol. The lowest BCUT2D eigenvalue weighted by atomic mass is 10.1. The molecule has 0 radical (unpaired) electrons. The van der Waals surface area contributed by atoms with Crippen LogP contribution >= 0.6 is 0 Å². The number of halogens is 2. The molecule has 0 spiro atoms. The van der Waals surface area contributed by atoms with E-state index in [1.54, 1.807) is 6.92 Å². The first kappa shape index (κ1) is 12.2. The Bertz CT molecular complexity index is 410. The molecule has 1 N–H and O–H groups in total. The fourth-order valence-corrected chi connectivity index (χ4v) is 1.32. The van der Waals surface area contributed by atoms with Crippen LogP contribution in [-0.2, 0) is 0 Å². The molecule has 0 aliphatic rings. The van der Waals surface area contributed by atoms with Crippen LogP contribution in [0, 0.1) is 17.0 Å². The lowest BCUT2D eigenvalue weighted by molar-refractivity contribution is -0.384. The van der Waals surface area contributed by atoms with E-state index < -0.39 is 11.5 Å². The fraction of sp³-hybridized carbons (Fsp3) is 0.333. The van der Waals surface area contributed by atoms with Gasteiger partial charge >= 0.3 is 6.61 Å². The summed E-state index contributed by atoms with van der Waals surface area (Å²) in [5.41, 5.74) is 0.121. The maximum absolute atomic E-state index is 12.1. The Hall–Kier alpha value is -1.92. The minimum Gasteiger partial charge on any atom is -0.432 e. The third-order valence-electron chi connectivity index (χ3n) is 1.89. The molecular formula is C9H10F2N2O3. The van der Waals surface area contributed by atoms with Crippen molar-refractivity contribution >= 4 is 11.4 Å². The van der Waals surface area contributed by atoms with E-state index in [1.807, 2.05) is 0 Å². The molecule has 88 valence electrons. The highest BCUT2D eigenvalue weighted by Crippen LogP contribution is 2.36. The number of nitro benzene ring substituents is 1. The first-order valence-corrected chi connectivity index (χ1v) is 4.37. The highest BCUT2D eigenvalue weighted by Gasteiger charge is 2.20. The van der Waals surface area contributed by atoms with E-state index in [1.165, 1.54) is 19.2 Å². The Balaban J connectivity index is 3.30. The van der Waals surface area contributed by atoms with E-state index in [4.69, 9.17) is 0 Å². The van der Waals surface area contributed by atoms with Crippen molar-refractivity contribution in [1.29, 1.82) is 0 Å². The van der Waals surface area contributed by atoms with Gasteiger partial charge in [-0.1, -0.05) is 0 Å². The normalized spacial score (nSPS) is 10.3. The van der Waals surface area contributed by atoms with Gasteiger partial charge in [-0.3, -0.25) is 10.1 Å². The van der Waals surface area contributed by atoms with Crippen molar-refractivity contribution in [2.24, 2.45) is 0 Å². The summed E-state index contributed by atoms with van der Waals surface area (Å²) in [6.45, 7) is -1.46. The molecular weight excluding hydrogens is 222 g/mol. The summed E-state index contributed by atoms with van der Waals surface area (Å²) in [5, 5.41) is 13.2. The SMILES string of the molecule is CNc1c(OC(F)F)cc(C)cc1[N+](=O)[O-]. The number of hydrogen-bond donors (Lipinski definition) is 1. The summed E-state index contributed by atoms with van der Waals surface area (Å²) in [5.74, 6) is -0.232. The number of rotatable bonds is 4. The van der Waals surface area contributed by atoms with Gasteiger partial charge in [-0.25, -0.2) is 0 Å². The zero-order valence-corrected chi connectivity index (χ0v) is 8.66. The van der Waals surface area contributed by atoms with Crippen molar-refractivity contribution in [2.75, 3.05) is 12.4 Å². The third kappa shape index (κ3) is 2.56. The lowest BCUT2D eigenvalue weighted by Gasteiger charge is -2.11. The fourth-order valence-electron chi connectivity index (χ4n) is 1.32. The zero-order chi connectivity index (χ0) is 12.3. The Morgan fingerprint density at radius 1 is 1.50 bits per heavy atom. The smallest absolute Gasteiger partial charge is 0.387 e. The number of anilines is 1. The minimum atomic E-state index is -3.02. The number of nitro groups is 1. The largest absolute Gasteiger partial charge is 0.432 e. The number of nitrogens with zero attached hydrogens (tertiary/aromatic N) is 1. The Kier molecular flexibility index (Phi) is 3.60. The molecule has 0 fully saturated rings. The second kappa shape index (κ2) is 4.73. The summed E-state index contributed by atoms with van der Waals surface area (Å²) >= 11 is 0. The number of alkyl halides is 2. The van der Waals surface area contributed by atoms with Crippen LogP contribution in [0.2, 0.25) is 0 Å². The highest BCUT2D eigenvalue weighted by molar-refractivity contribution is 5.71. The highest BCUT2D eigenvalue weighted by atomic mass is 19.3. The predicted octanol–water partition coefficient (Wildman–Crippen LogP) is 2.55. The van der Waals surface area contributed by atoms with Crippen LogP contribution in [0.3, 0.4) is 0 Å². The molecule has 0 aliphatic carbocycles. The number of ether oxygens (including phenoxy) is 1. The van der Waals surface area contributed by atoms with Crippen LogP contribution in [0.4, 0.5) is 20.2 Å².